The molecule has 44 valence electrons. The number of ether oxygens (including phenoxy) is 1. The Morgan fingerprint density at radius 3 is 3.00 bits per heavy atom. The van der Waals surface area contributed by atoms with Crippen molar-refractivity contribution in [3.8, 4) is 0 Å². The van der Waals surface area contributed by atoms with Crippen LogP contribution in [0.3, 0.4) is 0 Å². The van der Waals surface area contributed by atoms with Gasteiger partial charge in [-0.15, -0.1) is 0 Å². The van der Waals surface area contributed by atoms with Crippen molar-refractivity contribution < 1.29 is 14.6 Å². The molecule has 0 saturated carbocycles. The van der Waals surface area contributed by atoms with Gasteiger partial charge < -0.3 is 9.84 Å². The first-order chi connectivity index (χ1) is 3.83. The molecule has 0 radical (unpaired) electrons. The Kier molecular flexibility index (Phi) is 1.20. The number of carbonyl (C=O) groups is 1. The number of hydrogen-bond acceptors (Lipinski definition) is 3. The van der Waals surface area contributed by atoms with Crippen LogP contribution in [0.4, 0.5) is 0 Å². The maximum atomic E-state index is 9.88. The van der Waals surface area contributed by atoms with Crippen molar-refractivity contribution in [2.75, 3.05) is 0 Å². The SMILES string of the molecule is O=CC1CC=C(O)O1. The minimum atomic E-state index is -0.449. The molecular weight excluding hydrogens is 108 g/mol. The van der Waals surface area contributed by atoms with Crippen LogP contribution in [-0.2, 0) is 9.53 Å². The van der Waals surface area contributed by atoms with Gasteiger partial charge in [0.05, 0.1) is 0 Å². The summed E-state index contributed by atoms with van der Waals surface area (Å²) in [5, 5.41) is 8.51. The number of hydrogen-bond donors (Lipinski definition) is 1. The van der Waals surface area contributed by atoms with Gasteiger partial charge in [0.1, 0.15) is 0 Å². The molecule has 1 N–H and O–H groups in total. The molecule has 0 amide bonds. The summed E-state index contributed by atoms with van der Waals surface area (Å²) in [5.74, 6) is -0.137. The predicted molar refractivity (Wildman–Crippen MR) is 26.3 cm³/mol. The van der Waals surface area contributed by atoms with Crippen molar-refractivity contribution in [3.05, 3.63) is 12.0 Å². The molecule has 3 heteroatoms. The Morgan fingerprint density at radius 1 is 2.00 bits per heavy atom. The van der Waals surface area contributed by atoms with E-state index in [0.29, 0.717) is 12.7 Å². The Morgan fingerprint density at radius 2 is 2.75 bits per heavy atom. The molecule has 3 nitrogen and oxygen atoms in total. The van der Waals surface area contributed by atoms with Crippen molar-refractivity contribution in [1.82, 2.24) is 0 Å². The van der Waals surface area contributed by atoms with Crippen molar-refractivity contribution in [2.24, 2.45) is 0 Å². The van der Waals surface area contributed by atoms with E-state index in [4.69, 9.17) is 5.11 Å². The van der Waals surface area contributed by atoms with E-state index in [1.54, 1.807) is 0 Å². The van der Waals surface area contributed by atoms with Gasteiger partial charge in [-0.3, -0.25) is 4.79 Å². The molecular formula is C5H6O3. The van der Waals surface area contributed by atoms with Gasteiger partial charge in [-0.2, -0.15) is 0 Å². The summed E-state index contributed by atoms with van der Waals surface area (Å²) < 4.78 is 4.56. The second-order valence-corrected chi connectivity index (χ2v) is 1.57. The number of carbonyl (C=O) groups excluding carboxylic acids is 1. The first-order valence-corrected chi connectivity index (χ1v) is 2.34. The molecule has 0 aromatic carbocycles. The van der Waals surface area contributed by atoms with E-state index in [1.807, 2.05) is 0 Å². The molecule has 8 heavy (non-hydrogen) atoms. The molecule has 1 aliphatic rings. The maximum Gasteiger partial charge on any atom is 0.273 e. The highest BCUT2D eigenvalue weighted by molar-refractivity contribution is 5.57. The Balaban J connectivity index is 2.43. The fourth-order valence-electron chi connectivity index (χ4n) is 0.552. The number of rotatable bonds is 1. The highest BCUT2D eigenvalue weighted by Gasteiger charge is 2.14. The average molecular weight is 114 g/mol. The van der Waals surface area contributed by atoms with E-state index in [-0.39, 0.29) is 5.95 Å². The second-order valence-electron chi connectivity index (χ2n) is 1.57. The monoisotopic (exact) mass is 114 g/mol. The van der Waals surface area contributed by atoms with Crippen LogP contribution in [0.25, 0.3) is 0 Å². The zero-order valence-electron chi connectivity index (χ0n) is 4.20. The third-order valence-electron chi connectivity index (χ3n) is 0.949. The quantitative estimate of drug-likeness (QED) is 0.501. The molecule has 0 spiro atoms. The highest BCUT2D eigenvalue weighted by Crippen LogP contribution is 2.11. The van der Waals surface area contributed by atoms with Gasteiger partial charge >= 0.3 is 0 Å². The summed E-state index contributed by atoms with van der Waals surface area (Å²) in [5.41, 5.74) is 0. The lowest BCUT2D eigenvalue weighted by Gasteiger charge is -1.98. The van der Waals surface area contributed by atoms with E-state index in [2.05, 4.69) is 4.74 Å². The molecule has 1 unspecified atom stereocenters. The highest BCUT2D eigenvalue weighted by atomic mass is 16.6. The van der Waals surface area contributed by atoms with Crippen LogP contribution in [0.1, 0.15) is 6.42 Å². The fourth-order valence-corrected chi connectivity index (χ4v) is 0.552. The molecule has 0 bridgehead atoms. The molecule has 1 aliphatic heterocycles. The summed E-state index contributed by atoms with van der Waals surface area (Å²) in [6, 6.07) is 0. The van der Waals surface area contributed by atoms with Crippen molar-refractivity contribution in [1.29, 1.82) is 0 Å². The summed E-state index contributed by atoms with van der Waals surface area (Å²) in [4.78, 5) is 9.88. The molecule has 0 aromatic heterocycles. The minimum Gasteiger partial charge on any atom is -0.481 e. The molecule has 1 heterocycles. The van der Waals surface area contributed by atoms with Gasteiger partial charge in [0.15, 0.2) is 12.4 Å². The smallest absolute Gasteiger partial charge is 0.273 e. The van der Waals surface area contributed by atoms with Gasteiger partial charge in [-0.1, -0.05) is 0 Å². The van der Waals surface area contributed by atoms with Gasteiger partial charge in [-0.25, -0.2) is 0 Å². The van der Waals surface area contributed by atoms with Gasteiger partial charge in [0.25, 0.3) is 5.95 Å². The third-order valence-corrected chi connectivity index (χ3v) is 0.949. The third kappa shape index (κ3) is 0.804. The van der Waals surface area contributed by atoms with Crippen LogP contribution in [0.5, 0.6) is 0 Å². The topological polar surface area (TPSA) is 46.5 Å². The van der Waals surface area contributed by atoms with E-state index >= 15 is 0 Å². The summed E-state index contributed by atoms with van der Waals surface area (Å²) >= 11 is 0. The average Bonchev–Trinajstić information content (AvgIpc) is 2.14. The normalized spacial score (nSPS) is 26.5. The van der Waals surface area contributed by atoms with Crippen molar-refractivity contribution in [3.63, 3.8) is 0 Å². The lowest BCUT2D eigenvalue weighted by Crippen LogP contribution is -2.06. The van der Waals surface area contributed by atoms with Gasteiger partial charge in [-0.05, 0) is 0 Å². The molecule has 0 aliphatic carbocycles. The van der Waals surface area contributed by atoms with Crippen LogP contribution in [-0.4, -0.2) is 17.5 Å². The van der Waals surface area contributed by atoms with E-state index in [1.165, 1.54) is 6.08 Å². The Bertz CT molecular complexity index is 128. The predicted octanol–water partition coefficient (Wildman–Crippen LogP) is 0.374. The minimum absolute atomic E-state index is 0.137. The Labute approximate surface area is 46.6 Å². The standard InChI is InChI=1S/C5H6O3/c6-3-4-1-2-5(7)8-4/h2-4,7H,1H2. The van der Waals surface area contributed by atoms with Crippen molar-refractivity contribution in [2.45, 2.75) is 12.5 Å². The zero-order chi connectivity index (χ0) is 5.98. The van der Waals surface area contributed by atoms with Crippen LogP contribution in [0.2, 0.25) is 0 Å². The van der Waals surface area contributed by atoms with Crippen molar-refractivity contribution >= 4 is 6.29 Å². The first kappa shape index (κ1) is 5.15. The fraction of sp³-hybridized carbons (Fsp3) is 0.400. The van der Waals surface area contributed by atoms with Crippen LogP contribution >= 0.6 is 0 Å². The number of aldehydes is 1. The lowest BCUT2D eigenvalue weighted by molar-refractivity contribution is -0.116. The lowest BCUT2D eigenvalue weighted by atomic mass is 10.3. The van der Waals surface area contributed by atoms with Gasteiger partial charge in [0, 0.05) is 12.5 Å². The summed E-state index contributed by atoms with van der Waals surface area (Å²) in [6.45, 7) is 0. The number of aliphatic hydroxyl groups is 1. The Hall–Kier alpha value is -0.990. The van der Waals surface area contributed by atoms with Crippen LogP contribution < -0.4 is 0 Å². The second kappa shape index (κ2) is 1.86. The molecule has 0 saturated heterocycles. The first-order valence-electron chi connectivity index (χ1n) is 2.34. The van der Waals surface area contributed by atoms with E-state index < -0.39 is 6.10 Å². The largest absolute Gasteiger partial charge is 0.481 e. The molecule has 0 fully saturated rings. The zero-order valence-corrected chi connectivity index (χ0v) is 4.20. The summed E-state index contributed by atoms with van der Waals surface area (Å²) in [7, 11) is 0. The molecule has 1 atom stereocenters. The molecule has 0 aromatic rings. The summed E-state index contributed by atoms with van der Waals surface area (Å²) in [6.07, 6.45) is 2.18. The van der Waals surface area contributed by atoms with Crippen LogP contribution in [0, 0.1) is 0 Å². The van der Waals surface area contributed by atoms with Gasteiger partial charge in [0.2, 0.25) is 0 Å². The van der Waals surface area contributed by atoms with Crippen LogP contribution in [0.15, 0.2) is 12.0 Å². The van der Waals surface area contributed by atoms with E-state index in [9.17, 15) is 4.79 Å². The maximum absolute atomic E-state index is 9.88. The van der Waals surface area contributed by atoms with E-state index in [0.717, 1.165) is 0 Å². The number of aliphatic hydroxyl groups excluding tert-OH is 1. The molecule has 1 rings (SSSR count).